The lowest BCUT2D eigenvalue weighted by atomic mass is 10.1. The van der Waals surface area contributed by atoms with E-state index < -0.39 is 0 Å². The molecule has 6 heteroatoms. The van der Waals surface area contributed by atoms with Gasteiger partial charge in [-0.15, -0.1) is 10.2 Å². The van der Waals surface area contributed by atoms with Gasteiger partial charge in [-0.05, 0) is 37.0 Å². The summed E-state index contributed by atoms with van der Waals surface area (Å²) in [5.74, 6) is 1.25. The second-order valence-electron chi connectivity index (χ2n) is 5.53. The minimum atomic E-state index is -0.131. The van der Waals surface area contributed by atoms with Crippen molar-refractivity contribution >= 4 is 21.8 Å². The van der Waals surface area contributed by atoms with E-state index in [2.05, 4.69) is 43.6 Å². The highest BCUT2D eigenvalue weighted by Gasteiger charge is 2.44. The Balaban J connectivity index is 1.62. The van der Waals surface area contributed by atoms with Crippen molar-refractivity contribution in [2.24, 2.45) is 13.0 Å². The van der Waals surface area contributed by atoms with Crippen molar-refractivity contribution in [1.29, 1.82) is 0 Å². The van der Waals surface area contributed by atoms with Gasteiger partial charge >= 0.3 is 0 Å². The number of hydrogen-bond acceptors (Lipinski definition) is 3. The average Bonchev–Trinajstić information content (AvgIpc) is 3.14. The maximum atomic E-state index is 12.3. The summed E-state index contributed by atoms with van der Waals surface area (Å²) in [6.07, 6.45) is 2.55. The van der Waals surface area contributed by atoms with Gasteiger partial charge in [-0.3, -0.25) is 4.79 Å². The first-order valence-corrected chi connectivity index (χ1v) is 7.75. The topological polar surface area (TPSA) is 59.8 Å². The van der Waals surface area contributed by atoms with E-state index in [1.807, 2.05) is 30.7 Å². The molecule has 1 N–H and O–H groups in total. The van der Waals surface area contributed by atoms with Gasteiger partial charge in [0.1, 0.15) is 6.33 Å². The van der Waals surface area contributed by atoms with Crippen LogP contribution < -0.4 is 5.32 Å². The largest absolute Gasteiger partial charge is 0.346 e. The maximum Gasteiger partial charge on any atom is 0.224 e. The Bertz CT molecular complexity index is 669. The third kappa shape index (κ3) is 3.00. The van der Waals surface area contributed by atoms with Crippen molar-refractivity contribution < 1.29 is 4.79 Å². The van der Waals surface area contributed by atoms with E-state index in [-0.39, 0.29) is 17.9 Å². The van der Waals surface area contributed by atoms with Gasteiger partial charge in [-0.2, -0.15) is 0 Å². The first-order valence-electron chi connectivity index (χ1n) is 6.96. The SMILES string of the molecule is C[C@H](NC(=O)[C@H]1C[C@H]1c1cccc(Br)c1)c1nncn1C. The van der Waals surface area contributed by atoms with Gasteiger partial charge in [0, 0.05) is 17.4 Å². The van der Waals surface area contributed by atoms with Crippen molar-refractivity contribution in [2.45, 2.75) is 25.3 Å². The number of carbonyl (C=O) groups is 1. The van der Waals surface area contributed by atoms with Crippen LogP contribution in [0.5, 0.6) is 0 Å². The minimum Gasteiger partial charge on any atom is -0.346 e. The van der Waals surface area contributed by atoms with E-state index >= 15 is 0 Å². The Kier molecular flexibility index (Phi) is 3.80. The highest BCUT2D eigenvalue weighted by atomic mass is 79.9. The number of amides is 1. The molecule has 0 saturated heterocycles. The van der Waals surface area contributed by atoms with Crippen LogP contribution in [-0.4, -0.2) is 20.7 Å². The van der Waals surface area contributed by atoms with Gasteiger partial charge in [-0.25, -0.2) is 0 Å². The Hall–Kier alpha value is -1.69. The minimum absolute atomic E-state index is 0.0648. The fourth-order valence-electron chi connectivity index (χ4n) is 2.66. The molecule has 1 fully saturated rings. The van der Waals surface area contributed by atoms with Gasteiger partial charge in [0.15, 0.2) is 5.82 Å². The van der Waals surface area contributed by atoms with Crippen molar-refractivity contribution in [1.82, 2.24) is 20.1 Å². The first-order chi connectivity index (χ1) is 10.1. The molecule has 0 radical (unpaired) electrons. The zero-order chi connectivity index (χ0) is 15.0. The summed E-state index contributed by atoms with van der Waals surface area (Å²) in [5, 5.41) is 10.9. The molecule has 21 heavy (non-hydrogen) atoms. The van der Waals surface area contributed by atoms with Gasteiger partial charge in [-0.1, -0.05) is 28.1 Å². The molecule has 1 aromatic carbocycles. The molecular formula is C15H17BrN4O. The molecule has 1 saturated carbocycles. The van der Waals surface area contributed by atoms with Crippen LogP contribution in [0.2, 0.25) is 0 Å². The smallest absolute Gasteiger partial charge is 0.224 e. The van der Waals surface area contributed by atoms with E-state index in [4.69, 9.17) is 0 Å². The summed E-state index contributed by atoms with van der Waals surface area (Å²) < 4.78 is 2.88. The molecule has 0 unspecified atom stereocenters. The summed E-state index contributed by atoms with van der Waals surface area (Å²) in [7, 11) is 1.87. The number of nitrogens with one attached hydrogen (secondary N) is 1. The highest BCUT2D eigenvalue weighted by molar-refractivity contribution is 9.10. The molecule has 5 nitrogen and oxygen atoms in total. The van der Waals surface area contributed by atoms with E-state index in [0.717, 1.165) is 16.7 Å². The number of halogens is 1. The monoisotopic (exact) mass is 348 g/mol. The zero-order valence-electron chi connectivity index (χ0n) is 12.0. The van der Waals surface area contributed by atoms with Crippen molar-refractivity contribution in [3.8, 4) is 0 Å². The Morgan fingerprint density at radius 1 is 1.52 bits per heavy atom. The second kappa shape index (κ2) is 5.60. The van der Waals surface area contributed by atoms with E-state index in [0.29, 0.717) is 5.92 Å². The molecule has 3 rings (SSSR count). The first kappa shape index (κ1) is 14.3. The lowest BCUT2D eigenvalue weighted by Crippen LogP contribution is -2.30. The van der Waals surface area contributed by atoms with Gasteiger partial charge < -0.3 is 9.88 Å². The number of hydrogen-bond donors (Lipinski definition) is 1. The quantitative estimate of drug-likeness (QED) is 0.923. The molecule has 110 valence electrons. The summed E-state index contributed by atoms with van der Waals surface area (Å²) >= 11 is 3.47. The van der Waals surface area contributed by atoms with Crippen LogP contribution in [0.4, 0.5) is 0 Å². The number of aryl methyl sites for hydroxylation is 1. The lowest BCUT2D eigenvalue weighted by molar-refractivity contribution is -0.123. The molecule has 0 aliphatic heterocycles. The summed E-state index contributed by atoms with van der Waals surface area (Å²) in [6.45, 7) is 1.93. The van der Waals surface area contributed by atoms with Crippen LogP contribution in [0, 0.1) is 5.92 Å². The standard InChI is InChI=1S/C15H17BrN4O/c1-9(14-19-17-8-20(14)2)18-15(21)13-7-12(13)10-4-3-5-11(16)6-10/h3-6,8-9,12-13H,7H2,1-2H3,(H,18,21)/t9-,12-,13-/m0/s1. The number of carbonyl (C=O) groups excluding carboxylic acids is 1. The fourth-order valence-corrected chi connectivity index (χ4v) is 3.08. The molecule has 3 atom stereocenters. The molecule has 1 aliphatic rings. The van der Waals surface area contributed by atoms with Gasteiger partial charge in [0.25, 0.3) is 0 Å². The molecule has 1 aliphatic carbocycles. The van der Waals surface area contributed by atoms with Crippen molar-refractivity contribution in [3.63, 3.8) is 0 Å². The predicted molar refractivity (Wildman–Crippen MR) is 82.6 cm³/mol. The molecule has 1 aromatic heterocycles. The third-order valence-corrected chi connectivity index (χ3v) is 4.39. The average molecular weight is 349 g/mol. The summed E-state index contributed by atoms with van der Waals surface area (Å²) in [6, 6.07) is 8.04. The molecule has 0 bridgehead atoms. The number of benzene rings is 1. The molecule has 2 aromatic rings. The van der Waals surface area contributed by atoms with Crippen LogP contribution in [0.3, 0.4) is 0 Å². The number of rotatable bonds is 4. The molecule has 1 heterocycles. The molecule has 1 amide bonds. The number of nitrogens with zero attached hydrogens (tertiary/aromatic N) is 3. The second-order valence-corrected chi connectivity index (χ2v) is 6.45. The van der Waals surface area contributed by atoms with Crippen LogP contribution in [0.15, 0.2) is 35.1 Å². The fraction of sp³-hybridized carbons (Fsp3) is 0.400. The van der Waals surface area contributed by atoms with Gasteiger partial charge in [0.2, 0.25) is 5.91 Å². The molecular weight excluding hydrogens is 332 g/mol. The lowest BCUT2D eigenvalue weighted by Gasteiger charge is -2.13. The Morgan fingerprint density at radius 2 is 2.33 bits per heavy atom. The van der Waals surface area contributed by atoms with Crippen LogP contribution >= 0.6 is 15.9 Å². The number of aromatic nitrogens is 3. The van der Waals surface area contributed by atoms with Crippen molar-refractivity contribution in [2.75, 3.05) is 0 Å². The van der Waals surface area contributed by atoms with E-state index in [9.17, 15) is 4.79 Å². The predicted octanol–water partition coefficient (Wildman–Crippen LogP) is 2.56. The summed E-state index contributed by atoms with van der Waals surface area (Å²) in [4.78, 5) is 12.3. The Labute approximate surface area is 131 Å². The van der Waals surface area contributed by atoms with E-state index in [1.165, 1.54) is 5.56 Å². The van der Waals surface area contributed by atoms with Crippen LogP contribution in [0.1, 0.15) is 36.7 Å². The Morgan fingerprint density at radius 3 is 3.00 bits per heavy atom. The maximum absolute atomic E-state index is 12.3. The highest BCUT2D eigenvalue weighted by Crippen LogP contribution is 2.48. The normalized spacial score (nSPS) is 21.9. The van der Waals surface area contributed by atoms with Crippen molar-refractivity contribution in [3.05, 3.63) is 46.5 Å². The molecule has 0 spiro atoms. The van der Waals surface area contributed by atoms with E-state index in [1.54, 1.807) is 6.33 Å². The van der Waals surface area contributed by atoms with Crippen LogP contribution in [-0.2, 0) is 11.8 Å². The summed E-state index contributed by atoms with van der Waals surface area (Å²) in [5.41, 5.74) is 1.22. The van der Waals surface area contributed by atoms with Crippen LogP contribution in [0.25, 0.3) is 0 Å². The van der Waals surface area contributed by atoms with Gasteiger partial charge in [0.05, 0.1) is 6.04 Å². The zero-order valence-corrected chi connectivity index (χ0v) is 13.5. The third-order valence-electron chi connectivity index (χ3n) is 3.90.